The van der Waals surface area contributed by atoms with Crippen LogP contribution in [0.3, 0.4) is 0 Å². The van der Waals surface area contributed by atoms with Gasteiger partial charge >= 0.3 is 0 Å². The van der Waals surface area contributed by atoms with E-state index in [2.05, 4.69) is 31.6 Å². The SMILES string of the molecule is CC(C)C[C@@H]1NC(=O)[C@H](Cc2cccc3ccccc23)NC(=O)[C@H](CCCN=C(N)N)NC(=O)[C@H](Cc2ccc3ccccc3c2)NC(=O)[C@H](CO)NC1=O. The Morgan fingerprint density at radius 1 is 0.636 bits per heavy atom. The number of carbonyl (C=O) groups excluding carboxylic acids is 5. The number of hydrogen-bond donors (Lipinski definition) is 8. The van der Waals surface area contributed by atoms with E-state index < -0.39 is 66.4 Å². The van der Waals surface area contributed by atoms with Crippen molar-refractivity contribution in [3.8, 4) is 0 Å². The number of aliphatic imine (C=N–C) groups is 1. The summed E-state index contributed by atoms with van der Waals surface area (Å²) in [6.07, 6.45) is 0.664. The Morgan fingerprint density at radius 3 is 1.87 bits per heavy atom. The van der Waals surface area contributed by atoms with Crippen molar-refractivity contribution >= 4 is 57.0 Å². The van der Waals surface area contributed by atoms with E-state index in [0.717, 1.165) is 32.7 Å². The van der Waals surface area contributed by atoms with Crippen molar-refractivity contribution < 1.29 is 29.1 Å². The molecular weight excluding hydrogens is 701 g/mol. The molecule has 14 nitrogen and oxygen atoms in total. The first-order chi connectivity index (χ1) is 26.4. The minimum absolute atomic E-state index is 0.0244. The molecule has 1 aliphatic heterocycles. The second-order valence-corrected chi connectivity index (χ2v) is 14.3. The summed E-state index contributed by atoms with van der Waals surface area (Å²) in [5, 5.41) is 27.7. The van der Waals surface area contributed by atoms with Crippen molar-refractivity contribution in [2.75, 3.05) is 13.2 Å². The summed E-state index contributed by atoms with van der Waals surface area (Å²) in [7, 11) is 0. The molecule has 0 spiro atoms. The highest BCUT2D eigenvalue weighted by Gasteiger charge is 2.35. The first kappa shape index (κ1) is 40.2. The Labute approximate surface area is 319 Å². The van der Waals surface area contributed by atoms with Crippen LogP contribution in [-0.4, -0.2) is 84.0 Å². The fourth-order valence-electron chi connectivity index (χ4n) is 6.74. The number of nitrogens with zero attached hydrogens (tertiary/aromatic N) is 1. The third-order valence-electron chi connectivity index (χ3n) is 9.56. The van der Waals surface area contributed by atoms with Gasteiger partial charge in [-0.2, -0.15) is 0 Å². The molecule has 0 bridgehead atoms. The minimum atomic E-state index is -1.45. The average Bonchev–Trinajstić information content (AvgIpc) is 3.16. The Bertz CT molecular complexity index is 2040. The normalized spacial score (nSPS) is 21.5. The van der Waals surface area contributed by atoms with E-state index in [4.69, 9.17) is 11.5 Å². The van der Waals surface area contributed by atoms with Crippen molar-refractivity contribution in [3.05, 3.63) is 96.1 Å². The van der Waals surface area contributed by atoms with Gasteiger partial charge in [0.1, 0.15) is 30.2 Å². The van der Waals surface area contributed by atoms with E-state index in [9.17, 15) is 29.1 Å². The Hall–Kier alpha value is -6.02. The number of hydrogen-bond acceptors (Lipinski definition) is 7. The lowest BCUT2D eigenvalue weighted by molar-refractivity contribution is -0.134. The fourth-order valence-corrected chi connectivity index (χ4v) is 6.74. The first-order valence-corrected chi connectivity index (χ1v) is 18.5. The number of nitrogens with one attached hydrogen (secondary N) is 5. The number of guanidine groups is 1. The van der Waals surface area contributed by atoms with E-state index in [-0.39, 0.29) is 44.1 Å². The van der Waals surface area contributed by atoms with Gasteiger partial charge in [0.25, 0.3) is 0 Å². The zero-order valence-electron chi connectivity index (χ0n) is 31.1. The highest BCUT2D eigenvalue weighted by molar-refractivity contribution is 5.98. The zero-order chi connectivity index (χ0) is 39.5. The molecule has 5 rings (SSSR count). The van der Waals surface area contributed by atoms with Crippen LogP contribution in [0, 0.1) is 5.92 Å². The summed E-state index contributed by atoms with van der Waals surface area (Å²) < 4.78 is 0. The summed E-state index contributed by atoms with van der Waals surface area (Å²) >= 11 is 0. The van der Waals surface area contributed by atoms with Gasteiger partial charge in [0.15, 0.2) is 5.96 Å². The average molecular weight is 751 g/mol. The standard InChI is InChI=1S/C41H50N8O6/c1-24(2)19-32-37(52)49-35(23-50)40(55)47-33(21-25-16-17-26-9-3-4-11-28(26)20-25)38(53)45-31(15-8-18-44-41(42)43)36(51)48-34(39(54)46-32)22-29-13-7-12-27-10-5-6-14-30(27)29/h3-7,9-14,16-17,20,24,31-35,50H,8,15,18-19,21-23H2,1-2H3,(H,45,53)(H,46,54)(H,47,55)(H,48,51)(H,49,52)(H4,42,43,44)/t31-,32-,33-,34-,35-/m0/s1. The molecule has 55 heavy (non-hydrogen) atoms. The third-order valence-corrected chi connectivity index (χ3v) is 9.56. The predicted octanol–water partition coefficient (Wildman–Crippen LogP) is 1.31. The molecule has 1 aliphatic rings. The molecule has 5 atom stereocenters. The van der Waals surface area contributed by atoms with E-state index in [1.165, 1.54) is 0 Å². The van der Waals surface area contributed by atoms with Crippen molar-refractivity contribution in [3.63, 3.8) is 0 Å². The predicted molar refractivity (Wildman–Crippen MR) is 211 cm³/mol. The highest BCUT2D eigenvalue weighted by Crippen LogP contribution is 2.21. The molecule has 290 valence electrons. The molecule has 1 heterocycles. The Balaban J connectivity index is 1.54. The fraction of sp³-hybridized carbons (Fsp3) is 0.366. The number of benzene rings is 4. The van der Waals surface area contributed by atoms with Crippen molar-refractivity contribution in [2.45, 2.75) is 76.2 Å². The Morgan fingerprint density at radius 2 is 1.18 bits per heavy atom. The van der Waals surface area contributed by atoms with Crippen LogP contribution in [0.5, 0.6) is 0 Å². The van der Waals surface area contributed by atoms with Crippen LogP contribution in [0.1, 0.15) is 44.2 Å². The zero-order valence-corrected chi connectivity index (χ0v) is 31.1. The van der Waals surface area contributed by atoms with Crippen LogP contribution < -0.4 is 38.1 Å². The van der Waals surface area contributed by atoms with Crippen LogP contribution in [0.25, 0.3) is 21.5 Å². The summed E-state index contributed by atoms with van der Waals surface area (Å²) in [4.78, 5) is 74.0. The molecular formula is C41H50N8O6. The number of aliphatic hydroxyl groups excluding tert-OH is 1. The molecule has 0 unspecified atom stereocenters. The van der Waals surface area contributed by atoms with Gasteiger partial charge < -0.3 is 43.2 Å². The van der Waals surface area contributed by atoms with Crippen molar-refractivity contribution in [2.24, 2.45) is 22.4 Å². The van der Waals surface area contributed by atoms with E-state index in [0.29, 0.717) is 6.42 Å². The van der Waals surface area contributed by atoms with Gasteiger partial charge in [-0.3, -0.25) is 29.0 Å². The molecule has 1 saturated heterocycles. The molecule has 0 radical (unpaired) electrons. The van der Waals surface area contributed by atoms with Gasteiger partial charge in [0, 0.05) is 19.4 Å². The maximum Gasteiger partial charge on any atom is 0.245 e. The number of aliphatic hydroxyl groups is 1. The van der Waals surface area contributed by atoms with Gasteiger partial charge in [0.2, 0.25) is 29.5 Å². The number of rotatable bonds is 11. The maximum atomic E-state index is 14.2. The van der Waals surface area contributed by atoms with Gasteiger partial charge in [-0.1, -0.05) is 98.8 Å². The van der Waals surface area contributed by atoms with Gasteiger partial charge in [-0.25, -0.2) is 0 Å². The molecule has 5 amide bonds. The summed E-state index contributed by atoms with van der Waals surface area (Å²) in [6.45, 7) is 3.15. The monoisotopic (exact) mass is 750 g/mol. The van der Waals surface area contributed by atoms with Crippen molar-refractivity contribution in [1.82, 2.24) is 26.6 Å². The van der Waals surface area contributed by atoms with Crippen LogP contribution in [0.15, 0.2) is 89.9 Å². The second-order valence-electron chi connectivity index (χ2n) is 14.3. The summed E-state index contributed by atoms with van der Waals surface area (Å²) in [6, 6.07) is 20.5. The van der Waals surface area contributed by atoms with Crippen molar-refractivity contribution in [1.29, 1.82) is 0 Å². The molecule has 14 heteroatoms. The minimum Gasteiger partial charge on any atom is -0.394 e. The van der Waals surface area contributed by atoms with Gasteiger partial charge in [-0.05, 0) is 57.9 Å². The first-order valence-electron chi connectivity index (χ1n) is 18.5. The van der Waals surface area contributed by atoms with E-state index >= 15 is 0 Å². The molecule has 0 saturated carbocycles. The third kappa shape index (κ3) is 11.0. The van der Waals surface area contributed by atoms with Crippen LogP contribution >= 0.6 is 0 Å². The lowest BCUT2D eigenvalue weighted by atomic mass is 9.97. The van der Waals surface area contributed by atoms with E-state index in [1.807, 2.05) is 98.8 Å². The molecule has 10 N–H and O–H groups in total. The highest BCUT2D eigenvalue weighted by atomic mass is 16.3. The molecule has 4 aromatic carbocycles. The lowest BCUT2D eigenvalue weighted by Crippen LogP contribution is -2.59. The summed E-state index contributed by atoms with van der Waals surface area (Å²) in [5.41, 5.74) is 12.5. The molecule has 0 aromatic heterocycles. The summed E-state index contributed by atoms with van der Waals surface area (Å²) in [5.74, 6) is -3.68. The number of amides is 5. The van der Waals surface area contributed by atoms with E-state index in [1.54, 1.807) is 0 Å². The molecule has 4 aromatic rings. The van der Waals surface area contributed by atoms with Crippen LogP contribution in [0.2, 0.25) is 0 Å². The number of fused-ring (bicyclic) bond motifs is 2. The largest absolute Gasteiger partial charge is 0.394 e. The molecule has 0 aliphatic carbocycles. The topological polar surface area (TPSA) is 230 Å². The van der Waals surface area contributed by atoms with Gasteiger partial charge in [0.05, 0.1) is 6.61 Å². The van der Waals surface area contributed by atoms with Crippen LogP contribution in [-0.2, 0) is 36.8 Å². The Kier molecular flexibility index (Phi) is 13.8. The lowest BCUT2D eigenvalue weighted by Gasteiger charge is -2.27. The number of carbonyl (C=O) groups is 5. The van der Waals surface area contributed by atoms with Crippen LogP contribution in [0.4, 0.5) is 0 Å². The quantitative estimate of drug-likeness (QED) is 0.0632. The van der Waals surface area contributed by atoms with Gasteiger partial charge in [-0.15, -0.1) is 0 Å². The second kappa shape index (κ2) is 18.8. The maximum absolute atomic E-state index is 14.2. The molecule has 1 fully saturated rings. The number of nitrogens with two attached hydrogens (primary N) is 2. The smallest absolute Gasteiger partial charge is 0.245 e.